The summed E-state index contributed by atoms with van der Waals surface area (Å²) in [5.74, 6) is 0.691. The molecule has 0 aliphatic heterocycles. The fourth-order valence-electron chi connectivity index (χ4n) is 1.69. The van der Waals surface area contributed by atoms with Crippen molar-refractivity contribution in [2.45, 2.75) is 13.1 Å². The molecule has 0 amide bonds. The van der Waals surface area contributed by atoms with E-state index in [1.54, 1.807) is 0 Å². The summed E-state index contributed by atoms with van der Waals surface area (Å²) < 4.78 is 6.78. The van der Waals surface area contributed by atoms with Gasteiger partial charge in [-0.2, -0.15) is 0 Å². The van der Waals surface area contributed by atoms with E-state index in [-0.39, 0.29) is 24.3 Å². The van der Waals surface area contributed by atoms with Crippen LogP contribution in [-0.4, -0.2) is 16.4 Å². The number of nitrogens with two attached hydrogens (primary N) is 1. The summed E-state index contributed by atoms with van der Waals surface area (Å²) in [4.78, 5) is 22.6. The normalized spacial score (nSPS) is 10.4. The molecular weight excluding hydrogens is 246 g/mol. The number of ether oxygens (including phenoxy) is 1. The summed E-state index contributed by atoms with van der Waals surface area (Å²) in [6.07, 6.45) is 0. The Balaban J connectivity index is 2.02. The summed E-state index contributed by atoms with van der Waals surface area (Å²) in [6.45, 7) is 0.934. The predicted molar refractivity (Wildman–Crippen MR) is 71.2 cm³/mol. The molecule has 0 radical (unpaired) electrons. The first-order valence-electron chi connectivity index (χ1n) is 5.91. The molecule has 6 nitrogen and oxygen atoms in total. The third kappa shape index (κ3) is 3.32. The van der Waals surface area contributed by atoms with Crippen LogP contribution in [0.25, 0.3) is 0 Å². The van der Waals surface area contributed by atoms with E-state index in [1.165, 1.54) is 16.8 Å². The van der Waals surface area contributed by atoms with Gasteiger partial charge in [0.15, 0.2) is 0 Å². The first kappa shape index (κ1) is 13.1. The van der Waals surface area contributed by atoms with Crippen LogP contribution in [0.4, 0.5) is 0 Å². The first-order chi connectivity index (χ1) is 9.20. The SMILES string of the molecule is NCc1ccccc1OCCn1[nH]c(=O)ccc1=O. The van der Waals surface area contributed by atoms with Gasteiger partial charge in [-0.15, -0.1) is 0 Å². The Kier molecular flexibility index (Phi) is 4.15. The van der Waals surface area contributed by atoms with Gasteiger partial charge in [-0.3, -0.25) is 14.7 Å². The van der Waals surface area contributed by atoms with Crippen LogP contribution in [0.3, 0.4) is 0 Å². The molecule has 6 heteroatoms. The van der Waals surface area contributed by atoms with Crippen molar-refractivity contribution in [3.63, 3.8) is 0 Å². The number of para-hydroxylation sites is 1. The molecular formula is C13H15N3O3. The van der Waals surface area contributed by atoms with Crippen LogP contribution in [-0.2, 0) is 13.1 Å². The van der Waals surface area contributed by atoms with E-state index in [9.17, 15) is 9.59 Å². The lowest BCUT2D eigenvalue weighted by Crippen LogP contribution is -2.30. The predicted octanol–water partition coefficient (Wildman–Crippen LogP) is 0.0743. The van der Waals surface area contributed by atoms with Gasteiger partial charge < -0.3 is 10.5 Å². The van der Waals surface area contributed by atoms with Crippen molar-refractivity contribution < 1.29 is 4.74 Å². The van der Waals surface area contributed by atoms with Crippen molar-refractivity contribution in [2.75, 3.05) is 6.61 Å². The maximum atomic E-state index is 11.5. The third-order valence-corrected chi connectivity index (χ3v) is 2.65. The molecule has 0 bridgehead atoms. The van der Waals surface area contributed by atoms with E-state index in [0.29, 0.717) is 12.3 Å². The number of hydrogen-bond donors (Lipinski definition) is 2. The number of aromatic amines is 1. The lowest BCUT2D eigenvalue weighted by molar-refractivity contribution is 0.284. The molecule has 2 aromatic rings. The highest BCUT2D eigenvalue weighted by Crippen LogP contribution is 2.16. The quantitative estimate of drug-likeness (QED) is 0.797. The highest BCUT2D eigenvalue weighted by molar-refractivity contribution is 5.32. The molecule has 100 valence electrons. The third-order valence-electron chi connectivity index (χ3n) is 2.65. The van der Waals surface area contributed by atoms with E-state index in [0.717, 1.165) is 5.56 Å². The van der Waals surface area contributed by atoms with E-state index < -0.39 is 0 Å². The van der Waals surface area contributed by atoms with E-state index >= 15 is 0 Å². The van der Waals surface area contributed by atoms with Crippen LogP contribution in [0, 0.1) is 0 Å². The molecule has 0 atom stereocenters. The van der Waals surface area contributed by atoms with Crippen LogP contribution in [0.5, 0.6) is 5.75 Å². The second kappa shape index (κ2) is 6.01. The molecule has 2 rings (SSSR count). The fourth-order valence-corrected chi connectivity index (χ4v) is 1.69. The van der Waals surface area contributed by atoms with Gasteiger partial charge in [0.1, 0.15) is 12.4 Å². The lowest BCUT2D eigenvalue weighted by atomic mass is 10.2. The minimum Gasteiger partial charge on any atom is -0.491 e. The molecule has 0 saturated heterocycles. The number of nitrogens with zero attached hydrogens (tertiary/aromatic N) is 1. The van der Waals surface area contributed by atoms with Crippen LogP contribution in [0.2, 0.25) is 0 Å². The van der Waals surface area contributed by atoms with E-state index in [1.807, 2.05) is 24.3 Å². The van der Waals surface area contributed by atoms with Gasteiger partial charge in [-0.05, 0) is 6.07 Å². The molecule has 1 heterocycles. The molecule has 0 unspecified atom stereocenters. The Labute approximate surface area is 109 Å². The van der Waals surface area contributed by atoms with Gasteiger partial charge in [0.25, 0.3) is 11.1 Å². The summed E-state index contributed by atoms with van der Waals surface area (Å²) in [7, 11) is 0. The summed E-state index contributed by atoms with van der Waals surface area (Å²) in [5.41, 5.74) is 5.91. The molecule has 0 aliphatic carbocycles. The van der Waals surface area contributed by atoms with Crippen LogP contribution >= 0.6 is 0 Å². The van der Waals surface area contributed by atoms with E-state index in [4.69, 9.17) is 10.5 Å². The molecule has 3 N–H and O–H groups in total. The molecule has 0 spiro atoms. The van der Waals surface area contributed by atoms with Crippen LogP contribution in [0.1, 0.15) is 5.56 Å². The van der Waals surface area contributed by atoms with Crippen molar-refractivity contribution in [2.24, 2.45) is 5.73 Å². The maximum Gasteiger partial charge on any atom is 0.265 e. The standard InChI is InChI=1S/C13H15N3O3/c14-9-10-3-1-2-4-11(10)19-8-7-16-13(18)6-5-12(17)15-16/h1-6H,7-9,14H2,(H,15,17). The van der Waals surface area contributed by atoms with Gasteiger partial charge >= 0.3 is 0 Å². The second-order valence-electron chi connectivity index (χ2n) is 3.96. The summed E-state index contributed by atoms with van der Waals surface area (Å²) >= 11 is 0. The number of H-pyrrole nitrogens is 1. The summed E-state index contributed by atoms with van der Waals surface area (Å²) in [5, 5.41) is 2.43. The van der Waals surface area contributed by atoms with Crippen molar-refractivity contribution in [1.82, 2.24) is 9.78 Å². The largest absolute Gasteiger partial charge is 0.491 e. The zero-order valence-electron chi connectivity index (χ0n) is 10.3. The lowest BCUT2D eigenvalue weighted by Gasteiger charge is -2.10. The van der Waals surface area contributed by atoms with Crippen molar-refractivity contribution in [3.8, 4) is 5.75 Å². The topological polar surface area (TPSA) is 90.1 Å². The molecule has 0 fully saturated rings. The molecule has 0 aliphatic rings. The van der Waals surface area contributed by atoms with Crippen molar-refractivity contribution >= 4 is 0 Å². The monoisotopic (exact) mass is 261 g/mol. The highest BCUT2D eigenvalue weighted by Gasteiger charge is 2.01. The minimum atomic E-state index is -0.318. The smallest absolute Gasteiger partial charge is 0.265 e. The van der Waals surface area contributed by atoms with Gasteiger partial charge in [-0.25, -0.2) is 4.68 Å². The number of rotatable bonds is 5. The first-order valence-corrected chi connectivity index (χ1v) is 5.91. The van der Waals surface area contributed by atoms with Gasteiger partial charge in [0, 0.05) is 24.2 Å². The van der Waals surface area contributed by atoms with E-state index in [2.05, 4.69) is 5.10 Å². The highest BCUT2D eigenvalue weighted by atomic mass is 16.5. The van der Waals surface area contributed by atoms with Crippen molar-refractivity contribution in [1.29, 1.82) is 0 Å². The van der Waals surface area contributed by atoms with Gasteiger partial charge in [-0.1, -0.05) is 18.2 Å². The Hall–Kier alpha value is -2.34. The average Bonchev–Trinajstić information content (AvgIpc) is 2.43. The Morgan fingerprint density at radius 2 is 1.95 bits per heavy atom. The minimum absolute atomic E-state index is 0.268. The second-order valence-corrected chi connectivity index (χ2v) is 3.96. The number of nitrogens with one attached hydrogen (secondary N) is 1. The molecule has 19 heavy (non-hydrogen) atoms. The Bertz CT molecular complexity index is 660. The molecule has 1 aromatic carbocycles. The molecule has 0 saturated carbocycles. The number of benzene rings is 1. The Morgan fingerprint density at radius 3 is 2.74 bits per heavy atom. The Morgan fingerprint density at radius 1 is 1.16 bits per heavy atom. The summed E-state index contributed by atoms with van der Waals surface area (Å²) in [6, 6.07) is 9.86. The zero-order valence-corrected chi connectivity index (χ0v) is 10.3. The average molecular weight is 261 g/mol. The maximum absolute atomic E-state index is 11.5. The zero-order chi connectivity index (χ0) is 13.7. The number of aromatic nitrogens is 2. The fraction of sp³-hybridized carbons (Fsp3) is 0.231. The van der Waals surface area contributed by atoms with Gasteiger partial charge in [0.05, 0.1) is 6.54 Å². The van der Waals surface area contributed by atoms with Crippen LogP contribution in [0.15, 0.2) is 46.0 Å². The number of hydrogen-bond acceptors (Lipinski definition) is 4. The molecule has 1 aromatic heterocycles. The van der Waals surface area contributed by atoms with Crippen molar-refractivity contribution in [3.05, 3.63) is 62.7 Å². The van der Waals surface area contributed by atoms with Gasteiger partial charge in [0.2, 0.25) is 0 Å². The van der Waals surface area contributed by atoms with Crippen LogP contribution < -0.4 is 21.6 Å².